The molecule has 0 spiro atoms. The van der Waals surface area contributed by atoms with Crippen molar-refractivity contribution in [2.45, 2.75) is 44.8 Å². The third kappa shape index (κ3) is 2.41. The van der Waals surface area contributed by atoms with Crippen LogP contribution in [0.2, 0.25) is 0 Å². The van der Waals surface area contributed by atoms with Gasteiger partial charge in [-0.3, -0.25) is 0 Å². The minimum Gasteiger partial charge on any atom is -0.464 e. The van der Waals surface area contributed by atoms with Crippen LogP contribution < -0.4 is 5.73 Å². The van der Waals surface area contributed by atoms with Crippen LogP contribution in [0.5, 0.6) is 0 Å². The Hall–Kier alpha value is -0.800. The van der Waals surface area contributed by atoms with Gasteiger partial charge in [0.2, 0.25) is 0 Å². The molecule has 3 heteroatoms. The number of hydrogen-bond donors (Lipinski definition) is 1. The predicted molar refractivity (Wildman–Crippen MR) is 58.6 cm³/mol. The normalized spacial score (nSPS) is 24.0. The average Bonchev–Trinajstić information content (AvgIpc) is 2.78. The lowest BCUT2D eigenvalue weighted by atomic mass is 10.0. The van der Waals surface area contributed by atoms with Crippen molar-refractivity contribution < 1.29 is 9.15 Å². The number of nitrogens with two attached hydrogens (primary N) is 1. The smallest absolute Gasteiger partial charge is 0.123 e. The van der Waals surface area contributed by atoms with Crippen LogP contribution in [0, 0.1) is 0 Å². The summed E-state index contributed by atoms with van der Waals surface area (Å²) in [4.78, 5) is 0. The molecule has 3 nitrogen and oxygen atoms in total. The minimum atomic E-state index is -0.106. The molecule has 1 aliphatic rings. The Morgan fingerprint density at radius 2 is 2.33 bits per heavy atom. The quantitative estimate of drug-likeness (QED) is 0.831. The molecular formula is C12H19NO2. The highest BCUT2D eigenvalue weighted by molar-refractivity contribution is 5.11. The van der Waals surface area contributed by atoms with Crippen molar-refractivity contribution in [2.24, 2.45) is 5.73 Å². The minimum absolute atomic E-state index is 0.106. The molecule has 1 aromatic rings. The van der Waals surface area contributed by atoms with Crippen molar-refractivity contribution in [2.75, 3.05) is 6.61 Å². The van der Waals surface area contributed by atoms with Crippen LogP contribution >= 0.6 is 0 Å². The summed E-state index contributed by atoms with van der Waals surface area (Å²) >= 11 is 0. The fourth-order valence-electron chi connectivity index (χ4n) is 2.00. The predicted octanol–water partition coefficient (Wildman–Crippen LogP) is 2.41. The van der Waals surface area contributed by atoms with Crippen LogP contribution in [0.1, 0.15) is 43.7 Å². The van der Waals surface area contributed by atoms with Gasteiger partial charge in [-0.15, -0.1) is 0 Å². The Kier molecular flexibility index (Phi) is 3.44. The van der Waals surface area contributed by atoms with Gasteiger partial charge in [-0.25, -0.2) is 0 Å². The van der Waals surface area contributed by atoms with Gasteiger partial charge in [0, 0.05) is 13.0 Å². The van der Waals surface area contributed by atoms with Crippen LogP contribution in [0.4, 0.5) is 0 Å². The molecule has 2 unspecified atom stereocenters. The molecule has 0 bridgehead atoms. The van der Waals surface area contributed by atoms with E-state index < -0.39 is 0 Å². The van der Waals surface area contributed by atoms with E-state index in [1.807, 2.05) is 12.1 Å². The molecule has 2 heterocycles. The second-order valence-corrected chi connectivity index (χ2v) is 4.09. The van der Waals surface area contributed by atoms with Gasteiger partial charge < -0.3 is 14.9 Å². The van der Waals surface area contributed by atoms with Crippen molar-refractivity contribution in [3.05, 3.63) is 23.7 Å². The molecule has 1 fully saturated rings. The maximum absolute atomic E-state index is 6.12. The Balaban J connectivity index is 2.02. The summed E-state index contributed by atoms with van der Waals surface area (Å²) in [5.74, 6) is 1.86. The SMILES string of the molecule is CCc1ccc(C(N)C2CCCCO2)o1. The van der Waals surface area contributed by atoms with Crippen LogP contribution in [0.3, 0.4) is 0 Å². The first-order valence-electron chi connectivity index (χ1n) is 5.77. The van der Waals surface area contributed by atoms with E-state index in [4.69, 9.17) is 14.9 Å². The van der Waals surface area contributed by atoms with Gasteiger partial charge >= 0.3 is 0 Å². The fraction of sp³-hybridized carbons (Fsp3) is 0.667. The Morgan fingerprint density at radius 1 is 1.47 bits per heavy atom. The van der Waals surface area contributed by atoms with Crippen molar-refractivity contribution in [3.8, 4) is 0 Å². The molecule has 2 atom stereocenters. The third-order valence-electron chi connectivity index (χ3n) is 2.97. The zero-order chi connectivity index (χ0) is 10.7. The van der Waals surface area contributed by atoms with E-state index in [9.17, 15) is 0 Å². The third-order valence-corrected chi connectivity index (χ3v) is 2.97. The van der Waals surface area contributed by atoms with Crippen LogP contribution in [0.25, 0.3) is 0 Å². The maximum atomic E-state index is 6.12. The van der Waals surface area contributed by atoms with Gasteiger partial charge in [-0.2, -0.15) is 0 Å². The van der Waals surface area contributed by atoms with Gasteiger partial charge in [0.15, 0.2) is 0 Å². The van der Waals surface area contributed by atoms with E-state index in [2.05, 4.69) is 6.92 Å². The van der Waals surface area contributed by atoms with Gasteiger partial charge in [0.1, 0.15) is 11.5 Å². The van der Waals surface area contributed by atoms with E-state index in [-0.39, 0.29) is 12.1 Å². The first-order valence-corrected chi connectivity index (χ1v) is 5.77. The number of rotatable bonds is 3. The first-order chi connectivity index (χ1) is 7.31. The average molecular weight is 209 g/mol. The second-order valence-electron chi connectivity index (χ2n) is 4.09. The summed E-state index contributed by atoms with van der Waals surface area (Å²) in [6, 6.07) is 3.87. The van der Waals surface area contributed by atoms with Crippen molar-refractivity contribution in [1.29, 1.82) is 0 Å². The number of hydrogen-bond acceptors (Lipinski definition) is 3. The summed E-state index contributed by atoms with van der Waals surface area (Å²) in [5, 5.41) is 0. The molecule has 1 aliphatic heterocycles. The highest BCUT2D eigenvalue weighted by Gasteiger charge is 2.24. The molecule has 0 aromatic carbocycles. The van der Waals surface area contributed by atoms with Crippen molar-refractivity contribution in [3.63, 3.8) is 0 Å². The largest absolute Gasteiger partial charge is 0.464 e. The molecule has 2 N–H and O–H groups in total. The summed E-state index contributed by atoms with van der Waals surface area (Å²) in [6.07, 6.45) is 4.46. The molecule has 0 aliphatic carbocycles. The topological polar surface area (TPSA) is 48.4 Å². The molecule has 1 saturated heterocycles. The van der Waals surface area contributed by atoms with Crippen LogP contribution in [-0.4, -0.2) is 12.7 Å². The summed E-state index contributed by atoms with van der Waals surface area (Å²) in [7, 11) is 0. The van der Waals surface area contributed by atoms with Gasteiger partial charge in [-0.1, -0.05) is 6.92 Å². The van der Waals surface area contributed by atoms with E-state index in [0.29, 0.717) is 0 Å². The van der Waals surface area contributed by atoms with Gasteiger partial charge in [-0.05, 0) is 31.4 Å². The van der Waals surface area contributed by atoms with Gasteiger partial charge in [0.05, 0.1) is 12.1 Å². The van der Waals surface area contributed by atoms with Gasteiger partial charge in [0.25, 0.3) is 0 Å². The molecule has 0 saturated carbocycles. The molecule has 2 rings (SSSR count). The highest BCUT2D eigenvalue weighted by atomic mass is 16.5. The molecule has 0 radical (unpaired) electrons. The van der Waals surface area contributed by atoms with E-state index in [0.717, 1.165) is 37.4 Å². The summed E-state index contributed by atoms with van der Waals surface area (Å²) in [6.45, 7) is 2.91. The number of aryl methyl sites for hydroxylation is 1. The fourth-order valence-corrected chi connectivity index (χ4v) is 2.00. The van der Waals surface area contributed by atoms with Crippen molar-refractivity contribution in [1.82, 2.24) is 0 Å². The lowest BCUT2D eigenvalue weighted by molar-refractivity contribution is -0.00405. The first kappa shape index (κ1) is 10.7. The van der Waals surface area contributed by atoms with Crippen LogP contribution in [0.15, 0.2) is 16.5 Å². The zero-order valence-corrected chi connectivity index (χ0v) is 9.24. The lowest BCUT2D eigenvalue weighted by Gasteiger charge is -2.26. The monoisotopic (exact) mass is 209 g/mol. The Bertz CT molecular complexity index is 302. The number of furan rings is 1. The summed E-state index contributed by atoms with van der Waals surface area (Å²) in [5.41, 5.74) is 6.12. The molecule has 0 amide bonds. The molecule has 1 aromatic heterocycles. The molecular weight excluding hydrogens is 190 g/mol. The van der Waals surface area contributed by atoms with E-state index >= 15 is 0 Å². The van der Waals surface area contributed by atoms with E-state index in [1.165, 1.54) is 6.42 Å². The zero-order valence-electron chi connectivity index (χ0n) is 9.24. The lowest BCUT2D eigenvalue weighted by Crippen LogP contribution is -2.31. The second kappa shape index (κ2) is 4.81. The van der Waals surface area contributed by atoms with Crippen LogP contribution in [-0.2, 0) is 11.2 Å². The van der Waals surface area contributed by atoms with Crippen molar-refractivity contribution >= 4 is 0 Å². The maximum Gasteiger partial charge on any atom is 0.123 e. The standard InChI is InChI=1S/C12H19NO2/c1-2-9-6-7-11(15-9)12(13)10-5-3-4-8-14-10/h6-7,10,12H,2-5,8,13H2,1H3. The summed E-state index contributed by atoms with van der Waals surface area (Å²) < 4.78 is 11.3. The molecule has 84 valence electrons. The number of ether oxygens (including phenoxy) is 1. The Morgan fingerprint density at radius 3 is 2.93 bits per heavy atom. The van der Waals surface area contributed by atoms with E-state index in [1.54, 1.807) is 0 Å². The Labute approximate surface area is 90.6 Å². The highest BCUT2D eigenvalue weighted by Crippen LogP contribution is 2.25. The molecule has 15 heavy (non-hydrogen) atoms.